The Morgan fingerprint density at radius 2 is 2.00 bits per heavy atom. The molecule has 0 aliphatic heterocycles. The van der Waals surface area contributed by atoms with Gasteiger partial charge in [0.05, 0.1) is 0 Å². The second kappa shape index (κ2) is 5.92. The van der Waals surface area contributed by atoms with Crippen LogP contribution in [-0.2, 0) is 4.79 Å². The van der Waals surface area contributed by atoms with Gasteiger partial charge in [0, 0.05) is 16.3 Å². The van der Waals surface area contributed by atoms with Crippen molar-refractivity contribution in [3.63, 3.8) is 0 Å². The number of aryl methyl sites for hydroxylation is 1. The second-order valence-corrected chi connectivity index (χ2v) is 4.87. The largest absolute Gasteiger partial charge is 0.370 e. The summed E-state index contributed by atoms with van der Waals surface area (Å²) in [4.78, 5) is 11.7. The van der Waals surface area contributed by atoms with Crippen LogP contribution in [0.1, 0.15) is 17.2 Å². The number of nitrogens with one attached hydrogen (secondary N) is 1. The fraction of sp³-hybridized carbons (Fsp3) is 0.133. The molecule has 0 heterocycles. The van der Waals surface area contributed by atoms with E-state index in [0.29, 0.717) is 5.56 Å². The molecule has 2 aromatic carbocycles. The van der Waals surface area contributed by atoms with Gasteiger partial charge in [0.15, 0.2) is 0 Å². The number of halogens is 2. The van der Waals surface area contributed by atoms with E-state index in [2.05, 4.69) is 5.32 Å². The summed E-state index contributed by atoms with van der Waals surface area (Å²) in [5.41, 5.74) is 7.61. The molecule has 0 radical (unpaired) electrons. The summed E-state index contributed by atoms with van der Waals surface area (Å²) in [6, 6.07) is 10.5. The number of hydrogen-bond acceptors (Lipinski definition) is 2. The van der Waals surface area contributed by atoms with Gasteiger partial charge in [-0.15, -0.1) is 0 Å². The fourth-order valence-electron chi connectivity index (χ4n) is 1.93. The van der Waals surface area contributed by atoms with Crippen LogP contribution in [0.25, 0.3) is 0 Å². The van der Waals surface area contributed by atoms with Crippen molar-refractivity contribution in [2.24, 2.45) is 5.73 Å². The van der Waals surface area contributed by atoms with Crippen LogP contribution >= 0.6 is 11.6 Å². The van der Waals surface area contributed by atoms with E-state index in [4.69, 9.17) is 17.3 Å². The zero-order valence-corrected chi connectivity index (χ0v) is 11.6. The van der Waals surface area contributed by atoms with Crippen molar-refractivity contribution in [1.82, 2.24) is 0 Å². The Morgan fingerprint density at radius 3 is 2.60 bits per heavy atom. The van der Waals surface area contributed by atoms with Gasteiger partial charge in [-0.25, -0.2) is 4.39 Å². The van der Waals surface area contributed by atoms with Crippen molar-refractivity contribution >= 4 is 23.2 Å². The normalized spacial score (nSPS) is 11.9. The molecular weight excluding hydrogens is 279 g/mol. The molecule has 2 rings (SSSR count). The molecule has 0 fully saturated rings. The predicted molar refractivity (Wildman–Crippen MR) is 78.1 cm³/mol. The maximum Gasteiger partial charge on any atom is 0.244 e. The number of nitrogens with two attached hydrogens (primary N) is 1. The third kappa shape index (κ3) is 3.08. The minimum absolute atomic E-state index is 0.162. The second-order valence-electron chi connectivity index (χ2n) is 4.46. The lowest BCUT2D eigenvalue weighted by Gasteiger charge is -2.19. The third-order valence-corrected chi connectivity index (χ3v) is 3.33. The quantitative estimate of drug-likeness (QED) is 0.907. The van der Waals surface area contributed by atoms with E-state index in [9.17, 15) is 9.18 Å². The zero-order valence-electron chi connectivity index (χ0n) is 10.9. The van der Waals surface area contributed by atoms with Gasteiger partial charge in [0.25, 0.3) is 0 Å². The van der Waals surface area contributed by atoms with Crippen LogP contribution in [0.5, 0.6) is 0 Å². The average molecular weight is 293 g/mol. The lowest BCUT2D eigenvalue weighted by atomic mass is 10.0. The lowest BCUT2D eigenvalue weighted by Crippen LogP contribution is -2.28. The first kappa shape index (κ1) is 14.3. The third-order valence-electron chi connectivity index (χ3n) is 3.00. The molecule has 3 N–H and O–H groups in total. The van der Waals surface area contributed by atoms with Crippen molar-refractivity contribution in [3.8, 4) is 0 Å². The van der Waals surface area contributed by atoms with Crippen LogP contribution in [0, 0.1) is 12.7 Å². The van der Waals surface area contributed by atoms with Crippen molar-refractivity contribution in [2.45, 2.75) is 13.0 Å². The first-order chi connectivity index (χ1) is 9.49. The predicted octanol–water partition coefficient (Wildman–Crippen LogP) is 3.43. The molecule has 3 nitrogen and oxygen atoms in total. The van der Waals surface area contributed by atoms with E-state index in [0.717, 1.165) is 17.3 Å². The van der Waals surface area contributed by atoms with Gasteiger partial charge in [0.1, 0.15) is 11.9 Å². The summed E-state index contributed by atoms with van der Waals surface area (Å²) < 4.78 is 13.1. The standard InChI is InChI=1S/C15H14ClFN2O/c1-9-4-2-3-5-13(9)19-14(15(18)20)11-7-6-10(17)8-12(11)16/h2-8,14,19H,1H3,(H2,18,20). The first-order valence-corrected chi connectivity index (χ1v) is 6.43. The fourth-order valence-corrected chi connectivity index (χ4v) is 2.20. The summed E-state index contributed by atoms with van der Waals surface area (Å²) in [5.74, 6) is -1.04. The average Bonchev–Trinajstić information content (AvgIpc) is 2.38. The minimum Gasteiger partial charge on any atom is -0.370 e. The van der Waals surface area contributed by atoms with Crippen LogP contribution < -0.4 is 11.1 Å². The summed E-state index contributed by atoms with van der Waals surface area (Å²) >= 11 is 5.99. The van der Waals surface area contributed by atoms with Crippen LogP contribution in [0.4, 0.5) is 10.1 Å². The highest BCUT2D eigenvalue weighted by molar-refractivity contribution is 6.31. The molecule has 1 unspecified atom stereocenters. The molecule has 0 aliphatic carbocycles. The van der Waals surface area contributed by atoms with E-state index in [1.54, 1.807) is 0 Å². The van der Waals surface area contributed by atoms with Gasteiger partial charge in [-0.2, -0.15) is 0 Å². The van der Waals surface area contributed by atoms with E-state index in [1.165, 1.54) is 12.1 Å². The number of primary amides is 1. The molecule has 20 heavy (non-hydrogen) atoms. The number of benzene rings is 2. The number of anilines is 1. The summed E-state index contributed by atoms with van der Waals surface area (Å²) in [7, 11) is 0. The minimum atomic E-state index is -0.816. The Morgan fingerprint density at radius 1 is 1.30 bits per heavy atom. The Labute approximate surface area is 121 Å². The number of carbonyl (C=O) groups excluding carboxylic acids is 1. The highest BCUT2D eigenvalue weighted by atomic mass is 35.5. The van der Waals surface area contributed by atoms with E-state index < -0.39 is 17.8 Å². The molecule has 1 amide bonds. The molecule has 1 atom stereocenters. The van der Waals surface area contributed by atoms with Crippen LogP contribution in [0.2, 0.25) is 5.02 Å². The van der Waals surface area contributed by atoms with Crippen molar-refractivity contribution in [2.75, 3.05) is 5.32 Å². The Hall–Kier alpha value is -2.07. The lowest BCUT2D eigenvalue weighted by molar-refractivity contribution is -0.118. The molecule has 0 saturated carbocycles. The number of rotatable bonds is 4. The maximum atomic E-state index is 13.1. The van der Waals surface area contributed by atoms with Gasteiger partial charge < -0.3 is 11.1 Å². The zero-order chi connectivity index (χ0) is 14.7. The Balaban J connectivity index is 2.37. The number of para-hydroxylation sites is 1. The molecule has 104 valence electrons. The molecule has 0 aromatic heterocycles. The number of hydrogen-bond donors (Lipinski definition) is 2. The van der Waals surface area contributed by atoms with Crippen molar-refractivity contribution < 1.29 is 9.18 Å². The molecule has 0 bridgehead atoms. The number of amides is 1. The van der Waals surface area contributed by atoms with Gasteiger partial charge in [-0.1, -0.05) is 35.9 Å². The van der Waals surface area contributed by atoms with Gasteiger partial charge in [-0.3, -0.25) is 4.79 Å². The molecule has 2 aromatic rings. The molecule has 0 aliphatic rings. The summed E-state index contributed by atoms with van der Waals surface area (Å²) in [5, 5.41) is 3.20. The van der Waals surface area contributed by atoms with Crippen LogP contribution in [0.3, 0.4) is 0 Å². The molecule has 0 saturated heterocycles. The van der Waals surface area contributed by atoms with Crippen molar-refractivity contribution in [1.29, 1.82) is 0 Å². The highest BCUT2D eigenvalue weighted by Gasteiger charge is 2.21. The Bertz CT molecular complexity index is 646. The SMILES string of the molecule is Cc1ccccc1NC(C(N)=O)c1ccc(F)cc1Cl. The van der Waals surface area contributed by atoms with Gasteiger partial charge in [0.2, 0.25) is 5.91 Å². The summed E-state index contributed by atoms with van der Waals surface area (Å²) in [6.07, 6.45) is 0. The smallest absolute Gasteiger partial charge is 0.244 e. The van der Waals surface area contributed by atoms with Gasteiger partial charge >= 0.3 is 0 Å². The topological polar surface area (TPSA) is 55.1 Å². The first-order valence-electron chi connectivity index (χ1n) is 6.05. The van der Waals surface area contributed by atoms with E-state index >= 15 is 0 Å². The van der Waals surface area contributed by atoms with Crippen LogP contribution in [-0.4, -0.2) is 5.91 Å². The summed E-state index contributed by atoms with van der Waals surface area (Å²) in [6.45, 7) is 1.91. The Kier molecular flexibility index (Phi) is 4.25. The molecular formula is C15H14ClFN2O. The molecule has 0 spiro atoms. The number of carbonyl (C=O) groups is 1. The van der Waals surface area contributed by atoms with Crippen LogP contribution in [0.15, 0.2) is 42.5 Å². The molecule has 5 heteroatoms. The van der Waals surface area contributed by atoms with E-state index in [-0.39, 0.29) is 5.02 Å². The van der Waals surface area contributed by atoms with Gasteiger partial charge in [-0.05, 0) is 30.7 Å². The van der Waals surface area contributed by atoms with E-state index in [1.807, 2.05) is 31.2 Å². The highest BCUT2D eigenvalue weighted by Crippen LogP contribution is 2.28. The van der Waals surface area contributed by atoms with Crippen molar-refractivity contribution in [3.05, 3.63) is 64.4 Å². The maximum absolute atomic E-state index is 13.1. The monoisotopic (exact) mass is 292 g/mol.